The monoisotopic (exact) mass is 246 g/mol. The van der Waals surface area contributed by atoms with E-state index in [1.807, 2.05) is 7.05 Å². The lowest BCUT2D eigenvalue weighted by molar-refractivity contribution is -0.127. The summed E-state index contributed by atoms with van der Waals surface area (Å²) in [7, 11) is 1.99. The Morgan fingerprint density at radius 2 is 1.78 bits per heavy atom. The van der Waals surface area contributed by atoms with Gasteiger partial charge in [0.25, 0.3) is 11.8 Å². The maximum atomic E-state index is 12.0. The highest BCUT2D eigenvalue weighted by atomic mass is 16.7. The summed E-state index contributed by atoms with van der Waals surface area (Å²) in [5, 5.41) is 0.911. The second-order valence-corrected chi connectivity index (χ2v) is 4.73. The van der Waals surface area contributed by atoms with E-state index in [0.29, 0.717) is 11.1 Å². The minimum Gasteiger partial charge on any atom is -0.304 e. The van der Waals surface area contributed by atoms with Crippen LogP contribution in [0, 0.1) is 0 Å². The first-order chi connectivity index (χ1) is 8.66. The first kappa shape index (κ1) is 11.4. The molecular formula is C13H14N2O3. The minimum atomic E-state index is -0.356. The molecular weight excluding hydrogens is 232 g/mol. The van der Waals surface area contributed by atoms with E-state index in [9.17, 15) is 9.59 Å². The summed E-state index contributed by atoms with van der Waals surface area (Å²) in [4.78, 5) is 31.7. The first-order valence-electron chi connectivity index (χ1n) is 6.00. The Hall–Kier alpha value is -1.72. The number of likely N-dealkylation sites (tertiary alicyclic amines) is 1. The van der Waals surface area contributed by atoms with Gasteiger partial charge in [-0.05, 0) is 25.6 Å². The van der Waals surface area contributed by atoms with Gasteiger partial charge in [0.15, 0.2) is 0 Å². The van der Waals surface area contributed by atoms with Crippen molar-refractivity contribution >= 4 is 11.8 Å². The highest BCUT2D eigenvalue weighted by Crippen LogP contribution is 2.24. The van der Waals surface area contributed by atoms with Crippen molar-refractivity contribution in [3.05, 3.63) is 35.4 Å². The fourth-order valence-corrected chi connectivity index (χ4v) is 2.39. The molecule has 1 aromatic rings. The van der Waals surface area contributed by atoms with Crippen LogP contribution < -0.4 is 0 Å². The fourth-order valence-electron chi connectivity index (χ4n) is 2.39. The number of hydrogen-bond acceptors (Lipinski definition) is 4. The summed E-state index contributed by atoms with van der Waals surface area (Å²) >= 11 is 0. The maximum absolute atomic E-state index is 12.0. The van der Waals surface area contributed by atoms with Gasteiger partial charge in [0.05, 0.1) is 11.1 Å². The number of carbonyl (C=O) groups excluding carboxylic acids is 2. The number of hydrogen-bond donors (Lipinski definition) is 0. The quantitative estimate of drug-likeness (QED) is 0.728. The van der Waals surface area contributed by atoms with Crippen LogP contribution >= 0.6 is 0 Å². The molecule has 0 bridgehead atoms. The van der Waals surface area contributed by atoms with Gasteiger partial charge in [-0.1, -0.05) is 12.1 Å². The van der Waals surface area contributed by atoms with E-state index < -0.39 is 0 Å². The van der Waals surface area contributed by atoms with Crippen LogP contribution in [0.25, 0.3) is 0 Å². The van der Waals surface area contributed by atoms with Gasteiger partial charge in [0.2, 0.25) is 0 Å². The van der Waals surface area contributed by atoms with Gasteiger partial charge >= 0.3 is 0 Å². The third kappa shape index (κ3) is 1.72. The average Bonchev–Trinajstić information content (AvgIpc) is 2.88. The number of nitrogens with zero attached hydrogens (tertiary/aromatic N) is 2. The zero-order valence-corrected chi connectivity index (χ0v) is 10.1. The highest BCUT2D eigenvalue weighted by molar-refractivity contribution is 6.20. The van der Waals surface area contributed by atoms with Gasteiger partial charge in [-0.15, -0.1) is 5.06 Å². The topological polar surface area (TPSA) is 49.9 Å². The van der Waals surface area contributed by atoms with Crippen molar-refractivity contribution in [2.75, 3.05) is 20.1 Å². The number of likely N-dealkylation sites (N-methyl/N-ethyl adjacent to an activating group) is 1. The van der Waals surface area contributed by atoms with Crippen molar-refractivity contribution in [1.82, 2.24) is 9.96 Å². The van der Waals surface area contributed by atoms with Crippen LogP contribution in [0.5, 0.6) is 0 Å². The Kier molecular flexibility index (Phi) is 2.65. The molecule has 18 heavy (non-hydrogen) atoms. The standard InChI is InChI=1S/C13H14N2O3/c1-14-7-6-9(8-14)18-15-12(16)10-4-2-3-5-11(10)13(15)17/h2-5,9H,6-8H2,1H3/t9-/m0/s1. The number of fused-ring (bicyclic) bond motifs is 1. The Balaban J connectivity index is 1.80. The van der Waals surface area contributed by atoms with E-state index in [0.717, 1.165) is 24.6 Å². The Morgan fingerprint density at radius 3 is 2.28 bits per heavy atom. The van der Waals surface area contributed by atoms with Gasteiger partial charge in [-0.3, -0.25) is 14.4 Å². The summed E-state index contributed by atoms with van der Waals surface area (Å²) in [6.07, 6.45) is 0.751. The summed E-state index contributed by atoms with van der Waals surface area (Å²) in [6.45, 7) is 1.67. The Bertz CT molecular complexity index is 480. The van der Waals surface area contributed by atoms with E-state index in [2.05, 4.69) is 4.90 Å². The SMILES string of the molecule is CN1CC[C@H](ON2C(=O)c3ccccc3C2=O)C1. The van der Waals surface area contributed by atoms with Crippen molar-refractivity contribution in [2.45, 2.75) is 12.5 Å². The maximum Gasteiger partial charge on any atom is 0.285 e. The van der Waals surface area contributed by atoms with E-state index >= 15 is 0 Å². The number of hydroxylamine groups is 2. The molecule has 3 rings (SSSR count). The zero-order chi connectivity index (χ0) is 12.7. The van der Waals surface area contributed by atoms with Crippen LogP contribution in [-0.2, 0) is 4.84 Å². The van der Waals surface area contributed by atoms with Crippen LogP contribution in [-0.4, -0.2) is 48.0 Å². The second kappa shape index (κ2) is 4.19. The van der Waals surface area contributed by atoms with Crippen molar-refractivity contribution < 1.29 is 14.4 Å². The van der Waals surface area contributed by atoms with Crippen LogP contribution in [0.1, 0.15) is 27.1 Å². The normalized spacial score (nSPS) is 23.8. The summed E-state index contributed by atoms with van der Waals surface area (Å²) < 4.78 is 0. The molecule has 5 nitrogen and oxygen atoms in total. The predicted octanol–water partition coefficient (Wildman–Crippen LogP) is 0.918. The van der Waals surface area contributed by atoms with Gasteiger partial charge < -0.3 is 4.90 Å². The van der Waals surface area contributed by atoms with Gasteiger partial charge in [0.1, 0.15) is 6.10 Å². The fraction of sp³-hybridized carbons (Fsp3) is 0.385. The van der Waals surface area contributed by atoms with Gasteiger partial charge in [-0.25, -0.2) is 0 Å². The number of imide groups is 1. The molecule has 0 radical (unpaired) electrons. The van der Waals surface area contributed by atoms with E-state index in [-0.39, 0.29) is 17.9 Å². The largest absolute Gasteiger partial charge is 0.304 e. The molecule has 1 fully saturated rings. The molecule has 0 aliphatic carbocycles. The van der Waals surface area contributed by atoms with Crippen molar-refractivity contribution in [1.29, 1.82) is 0 Å². The van der Waals surface area contributed by atoms with Crippen LogP contribution in [0.3, 0.4) is 0 Å². The molecule has 0 aromatic heterocycles. The molecule has 2 aliphatic rings. The van der Waals surface area contributed by atoms with E-state index in [1.165, 1.54) is 0 Å². The van der Waals surface area contributed by atoms with Crippen LogP contribution in [0.15, 0.2) is 24.3 Å². The number of benzene rings is 1. The smallest absolute Gasteiger partial charge is 0.285 e. The minimum absolute atomic E-state index is 0.0859. The average molecular weight is 246 g/mol. The van der Waals surface area contributed by atoms with Crippen molar-refractivity contribution in [3.8, 4) is 0 Å². The van der Waals surface area contributed by atoms with Crippen molar-refractivity contribution in [3.63, 3.8) is 0 Å². The van der Waals surface area contributed by atoms with Gasteiger partial charge in [0, 0.05) is 13.1 Å². The molecule has 1 atom stereocenters. The third-order valence-electron chi connectivity index (χ3n) is 3.36. The Labute approximate surface area is 105 Å². The molecule has 5 heteroatoms. The molecule has 1 aromatic carbocycles. The predicted molar refractivity (Wildman–Crippen MR) is 63.9 cm³/mol. The lowest BCUT2D eigenvalue weighted by Gasteiger charge is -2.18. The van der Waals surface area contributed by atoms with E-state index in [1.54, 1.807) is 24.3 Å². The third-order valence-corrected chi connectivity index (χ3v) is 3.36. The number of carbonyl (C=O) groups is 2. The lowest BCUT2D eigenvalue weighted by atomic mass is 10.1. The van der Waals surface area contributed by atoms with Crippen LogP contribution in [0.4, 0.5) is 0 Å². The molecule has 0 N–H and O–H groups in total. The molecule has 0 saturated carbocycles. The van der Waals surface area contributed by atoms with E-state index in [4.69, 9.17) is 4.84 Å². The lowest BCUT2D eigenvalue weighted by Crippen LogP contribution is -2.35. The van der Waals surface area contributed by atoms with Gasteiger partial charge in [-0.2, -0.15) is 0 Å². The Morgan fingerprint density at radius 1 is 1.17 bits per heavy atom. The molecule has 0 unspecified atom stereocenters. The second-order valence-electron chi connectivity index (χ2n) is 4.73. The molecule has 2 amide bonds. The molecule has 1 saturated heterocycles. The molecule has 2 aliphatic heterocycles. The van der Waals surface area contributed by atoms with Crippen molar-refractivity contribution in [2.24, 2.45) is 0 Å². The molecule has 0 spiro atoms. The summed E-state index contributed by atoms with van der Waals surface area (Å²) in [5.41, 5.74) is 0.850. The molecule has 94 valence electrons. The zero-order valence-electron chi connectivity index (χ0n) is 10.1. The summed E-state index contributed by atoms with van der Waals surface area (Å²) in [5.74, 6) is -0.713. The number of rotatable bonds is 2. The first-order valence-corrected chi connectivity index (χ1v) is 6.00. The number of amides is 2. The molecule has 2 heterocycles. The highest BCUT2D eigenvalue weighted by Gasteiger charge is 2.38. The van der Waals surface area contributed by atoms with Crippen LogP contribution in [0.2, 0.25) is 0 Å². The summed E-state index contributed by atoms with van der Waals surface area (Å²) in [6, 6.07) is 6.80.